The maximum Gasteiger partial charge on any atom is 0.346 e. The minimum atomic E-state index is -1.08. The Hall–Kier alpha value is -1.98. The third-order valence-electron chi connectivity index (χ3n) is 1.84. The molecule has 1 aromatic carbocycles. The number of nitro benzene ring substituents is 1. The fraction of sp³-hybridized carbons (Fsp3) is 0.222. The van der Waals surface area contributed by atoms with Crippen molar-refractivity contribution in [2.24, 2.45) is 0 Å². The third kappa shape index (κ3) is 2.09. The van der Waals surface area contributed by atoms with Crippen LogP contribution < -0.4 is 4.74 Å². The maximum atomic E-state index is 13.2. The summed E-state index contributed by atoms with van der Waals surface area (Å²) < 4.78 is 17.9. The minimum Gasteiger partial charge on any atom is -0.490 e. The molecule has 0 radical (unpaired) electrons. The minimum absolute atomic E-state index is 0.0370. The van der Waals surface area contributed by atoms with Gasteiger partial charge in [0.15, 0.2) is 5.78 Å². The van der Waals surface area contributed by atoms with Crippen LogP contribution in [-0.4, -0.2) is 17.8 Å². The van der Waals surface area contributed by atoms with Gasteiger partial charge in [-0.15, -0.1) is 0 Å². The fourth-order valence-electron chi connectivity index (χ4n) is 1.11. The van der Waals surface area contributed by atoms with Crippen LogP contribution in [0.25, 0.3) is 0 Å². The molecule has 0 aliphatic heterocycles. The van der Waals surface area contributed by atoms with Gasteiger partial charge in [-0.2, -0.15) is 4.39 Å². The number of hydrogen-bond acceptors (Lipinski definition) is 4. The number of carbonyl (C=O) groups is 1. The number of Topliss-reactive ketones (excluding diaryl/α,β-unsaturated/α-hetero) is 1. The zero-order chi connectivity index (χ0) is 11.6. The number of ether oxygens (including phenoxy) is 1. The van der Waals surface area contributed by atoms with Gasteiger partial charge in [0.2, 0.25) is 11.6 Å². The van der Waals surface area contributed by atoms with Gasteiger partial charge in [0.25, 0.3) is 0 Å². The Balaban J connectivity index is 3.43. The van der Waals surface area contributed by atoms with Gasteiger partial charge < -0.3 is 4.74 Å². The first-order valence-electron chi connectivity index (χ1n) is 4.00. The summed E-state index contributed by atoms with van der Waals surface area (Å²) in [5.74, 6) is -1.73. The SMILES string of the molecule is COc1cc(C(C)=O)cc(F)c1[N+](=O)[O-]. The summed E-state index contributed by atoms with van der Waals surface area (Å²) in [6, 6.07) is 1.96. The number of nitrogens with zero attached hydrogens (tertiary/aromatic N) is 1. The normalized spacial score (nSPS) is 9.80. The number of benzene rings is 1. The Kier molecular flexibility index (Phi) is 2.99. The standard InChI is InChI=1S/C9H8FNO4/c1-5(12)6-3-7(10)9(11(13)14)8(4-6)15-2/h3-4H,1-2H3. The summed E-state index contributed by atoms with van der Waals surface area (Å²) in [4.78, 5) is 20.5. The number of methoxy groups -OCH3 is 1. The number of ketones is 1. The highest BCUT2D eigenvalue weighted by Crippen LogP contribution is 2.31. The van der Waals surface area contributed by atoms with E-state index in [9.17, 15) is 19.3 Å². The Morgan fingerprint density at radius 1 is 1.53 bits per heavy atom. The third-order valence-corrected chi connectivity index (χ3v) is 1.84. The van der Waals surface area contributed by atoms with Crippen LogP contribution in [-0.2, 0) is 0 Å². The molecule has 15 heavy (non-hydrogen) atoms. The average Bonchev–Trinajstić information content (AvgIpc) is 2.15. The summed E-state index contributed by atoms with van der Waals surface area (Å²) in [7, 11) is 1.17. The van der Waals surface area contributed by atoms with E-state index in [4.69, 9.17) is 0 Å². The summed E-state index contributed by atoms with van der Waals surface area (Å²) in [5, 5.41) is 10.5. The predicted molar refractivity (Wildman–Crippen MR) is 49.6 cm³/mol. The molecular formula is C9H8FNO4. The average molecular weight is 213 g/mol. The van der Waals surface area contributed by atoms with Crippen LogP contribution in [0, 0.1) is 15.9 Å². The van der Waals surface area contributed by atoms with Gasteiger partial charge in [-0.1, -0.05) is 0 Å². The summed E-state index contributed by atoms with van der Waals surface area (Å²) in [6.07, 6.45) is 0. The molecule has 0 fully saturated rings. The van der Waals surface area contributed by atoms with Crippen molar-refractivity contribution in [1.29, 1.82) is 0 Å². The lowest BCUT2D eigenvalue weighted by Gasteiger charge is -2.04. The molecule has 0 aliphatic rings. The zero-order valence-electron chi connectivity index (χ0n) is 8.11. The van der Waals surface area contributed by atoms with Crippen LogP contribution in [0.4, 0.5) is 10.1 Å². The van der Waals surface area contributed by atoms with Crippen LogP contribution in [0.1, 0.15) is 17.3 Å². The fourth-order valence-corrected chi connectivity index (χ4v) is 1.11. The van der Waals surface area contributed by atoms with Gasteiger partial charge in [0, 0.05) is 5.56 Å². The second kappa shape index (κ2) is 4.04. The molecule has 1 rings (SSSR count). The largest absolute Gasteiger partial charge is 0.490 e. The number of carbonyl (C=O) groups excluding carboxylic acids is 1. The number of halogens is 1. The van der Waals surface area contributed by atoms with E-state index in [0.29, 0.717) is 0 Å². The van der Waals surface area contributed by atoms with Gasteiger partial charge in [-0.05, 0) is 19.1 Å². The lowest BCUT2D eigenvalue weighted by molar-refractivity contribution is -0.388. The maximum absolute atomic E-state index is 13.2. The molecule has 0 spiro atoms. The molecule has 0 bridgehead atoms. The highest BCUT2D eigenvalue weighted by Gasteiger charge is 2.23. The predicted octanol–water partition coefficient (Wildman–Crippen LogP) is 1.95. The van der Waals surface area contributed by atoms with E-state index in [0.717, 1.165) is 12.1 Å². The Morgan fingerprint density at radius 2 is 2.13 bits per heavy atom. The second-order valence-corrected chi connectivity index (χ2v) is 2.82. The summed E-state index contributed by atoms with van der Waals surface area (Å²) >= 11 is 0. The van der Waals surface area contributed by atoms with Crippen molar-refractivity contribution >= 4 is 11.5 Å². The Bertz CT molecular complexity index is 430. The molecule has 0 unspecified atom stereocenters. The number of hydrogen-bond donors (Lipinski definition) is 0. The van der Waals surface area contributed by atoms with E-state index in [1.54, 1.807) is 0 Å². The van der Waals surface area contributed by atoms with Crippen molar-refractivity contribution in [1.82, 2.24) is 0 Å². The Morgan fingerprint density at radius 3 is 2.53 bits per heavy atom. The van der Waals surface area contributed by atoms with Gasteiger partial charge >= 0.3 is 5.69 Å². The number of nitro groups is 1. The molecule has 1 aromatic rings. The van der Waals surface area contributed by atoms with E-state index in [1.807, 2.05) is 0 Å². The van der Waals surface area contributed by atoms with E-state index in [-0.39, 0.29) is 17.1 Å². The second-order valence-electron chi connectivity index (χ2n) is 2.82. The topological polar surface area (TPSA) is 69.4 Å². The highest BCUT2D eigenvalue weighted by molar-refractivity contribution is 5.94. The van der Waals surface area contributed by atoms with Crippen molar-refractivity contribution in [2.45, 2.75) is 6.92 Å². The van der Waals surface area contributed by atoms with Gasteiger partial charge in [-0.25, -0.2) is 0 Å². The molecular weight excluding hydrogens is 205 g/mol. The van der Waals surface area contributed by atoms with E-state index < -0.39 is 16.4 Å². The quantitative estimate of drug-likeness (QED) is 0.437. The molecule has 0 amide bonds. The van der Waals surface area contributed by atoms with Crippen LogP contribution in [0.5, 0.6) is 5.75 Å². The lowest BCUT2D eigenvalue weighted by atomic mass is 10.1. The van der Waals surface area contributed by atoms with Crippen molar-refractivity contribution in [2.75, 3.05) is 7.11 Å². The van der Waals surface area contributed by atoms with Crippen molar-refractivity contribution in [3.05, 3.63) is 33.6 Å². The molecule has 0 saturated heterocycles. The zero-order valence-corrected chi connectivity index (χ0v) is 8.11. The van der Waals surface area contributed by atoms with Crippen molar-refractivity contribution in [3.8, 4) is 5.75 Å². The smallest absolute Gasteiger partial charge is 0.346 e. The van der Waals surface area contributed by atoms with E-state index in [1.165, 1.54) is 14.0 Å². The lowest BCUT2D eigenvalue weighted by Crippen LogP contribution is -2.01. The van der Waals surface area contributed by atoms with Gasteiger partial charge in [-0.3, -0.25) is 14.9 Å². The Labute approximate surface area is 84.6 Å². The van der Waals surface area contributed by atoms with E-state index >= 15 is 0 Å². The molecule has 0 atom stereocenters. The molecule has 0 N–H and O–H groups in total. The monoisotopic (exact) mass is 213 g/mol. The first-order valence-corrected chi connectivity index (χ1v) is 4.00. The summed E-state index contributed by atoms with van der Waals surface area (Å²) in [6.45, 7) is 1.24. The molecule has 0 aliphatic carbocycles. The molecule has 6 heteroatoms. The van der Waals surface area contributed by atoms with Crippen LogP contribution in [0.15, 0.2) is 12.1 Å². The molecule has 0 saturated carbocycles. The first kappa shape index (κ1) is 11.1. The van der Waals surface area contributed by atoms with Crippen LogP contribution in [0.2, 0.25) is 0 Å². The molecule has 0 aromatic heterocycles. The first-order chi connectivity index (χ1) is 6.97. The van der Waals surface area contributed by atoms with E-state index in [2.05, 4.69) is 4.74 Å². The van der Waals surface area contributed by atoms with Crippen LogP contribution in [0.3, 0.4) is 0 Å². The molecule has 5 nitrogen and oxygen atoms in total. The van der Waals surface area contributed by atoms with Crippen molar-refractivity contribution in [3.63, 3.8) is 0 Å². The summed E-state index contributed by atoms with van der Waals surface area (Å²) in [5.41, 5.74) is -0.725. The van der Waals surface area contributed by atoms with Crippen LogP contribution >= 0.6 is 0 Å². The van der Waals surface area contributed by atoms with Gasteiger partial charge in [0.05, 0.1) is 12.0 Å². The molecule has 0 heterocycles. The highest BCUT2D eigenvalue weighted by atomic mass is 19.1. The number of rotatable bonds is 3. The van der Waals surface area contributed by atoms with Gasteiger partial charge in [0.1, 0.15) is 0 Å². The van der Waals surface area contributed by atoms with Crippen molar-refractivity contribution < 1.29 is 18.8 Å². The molecule has 80 valence electrons.